The Hall–Kier alpha value is -0.250. The van der Waals surface area contributed by atoms with Crippen molar-refractivity contribution in [2.45, 2.75) is 12.5 Å². The average molecular weight is 264 g/mol. The van der Waals surface area contributed by atoms with Crippen LogP contribution in [-0.4, -0.2) is 17.8 Å². The zero-order valence-electron chi connectivity index (χ0n) is 6.76. The molecule has 1 aliphatic heterocycles. The Labute approximate surface area is 89.6 Å². The molecule has 1 aromatic rings. The number of benzene rings is 1. The second-order valence-electron chi connectivity index (χ2n) is 3.00. The fourth-order valence-electron chi connectivity index (χ4n) is 1.45. The van der Waals surface area contributed by atoms with Gasteiger partial charge >= 0.3 is 0 Å². The number of aliphatic hydroxyl groups is 1. The van der Waals surface area contributed by atoms with Crippen LogP contribution in [-0.2, 0) is 6.42 Å². The van der Waals surface area contributed by atoms with Crippen molar-refractivity contribution in [2.24, 2.45) is 0 Å². The zero-order chi connectivity index (χ0) is 9.42. The van der Waals surface area contributed by atoms with E-state index in [4.69, 9.17) is 21.4 Å². The van der Waals surface area contributed by atoms with E-state index in [0.717, 1.165) is 16.5 Å². The van der Waals surface area contributed by atoms with Crippen LogP contribution in [0.25, 0.3) is 0 Å². The molecule has 70 valence electrons. The zero-order valence-corrected chi connectivity index (χ0v) is 9.10. The lowest BCUT2D eigenvalue weighted by Gasteiger charge is -2.06. The van der Waals surface area contributed by atoms with Gasteiger partial charge in [-0.3, -0.25) is 0 Å². The van der Waals surface area contributed by atoms with Crippen molar-refractivity contribution >= 4 is 27.5 Å². The summed E-state index contributed by atoms with van der Waals surface area (Å²) in [6, 6.07) is 3.76. The molecule has 1 aromatic carbocycles. The Kier molecular flexibility index (Phi) is 2.49. The third kappa shape index (κ3) is 1.68. The SMILES string of the molecule is OCC1Cc2cc(Br)cc(Cl)c2O1. The molecular formula is C9H8BrClO2. The van der Waals surface area contributed by atoms with E-state index in [1.54, 1.807) is 6.07 Å². The molecule has 0 aromatic heterocycles. The van der Waals surface area contributed by atoms with Crippen molar-refractivity contribution < 1.29 is 9.84 Å². The van der Waals surface area contributed by atoms with Crippen LogP contribution < -0.4 is 4.74 Å². The van der Waals surface area contributed by atoms with Crippen LogP contribution in [0.5, 0.6) is 5.75 Å². The number of fused-ring (bicyclic) bond motifs is 1. The molecule has 0 saturated heterocycles. The highest BCUT2D eigenvalue weighted by Crippen LogP contribution is 2.38. The van der Waals surface area contributed by atoms with Crippen molar-refractivity contribution in [3.63, 3.8) is 0 Å². The van der Waals surface area contributed by atoms with Crippen LogP contribution in [0.2, 0.25) is 5.02 Å². The molecule has 1 aliphatic rings. The van der Waals surface area contributed by atoms with Crippen LogP contribution in [0.4, 0.5) is 0 Å². The largest absolute Gasteiger partial charge is 0.486 e. The summed E-state index contributed by atoms with van der Waals surface area (Å²) < 4.78 is 6.38. The molecule has 1 unspecified atom stereocenters. The highest BCUT2D eigenvalue weighted by atomic mass is 79.9. The summed E-state index contributed by atoms with van der Waals surface area (Å²) in [6.45, 7) is 0.0304. The normalized spacial score (nSPS) is 19.8. The highest BCUT2D eigenvalue weighted by Gasteiger charge is 2.24. The highest BCUT2D eigenvalue weighted by molar-refractivity contribution is 9.10. The average Bonchev–Trinajstić information content (AvgIpc) is 2.47. The van der Waals surface area contributed by atoms with Gasteiger partial charge in [-0.2, -0.15) is 0 Å². The smallest absolute Gasteiger partial charge is 0.141 e. The van der Waals surface area contributed by atoms with Crippen LogP contribution in [0.15, 0.2) is 16.6 Å². The first-order valence-corrected chi connectivity index (χ1v) is 5.13. The van der Waals surface area contributed by atoms with E-state index in [1.807, 2.05) is 6.07 Å². The van der Waals surface area contributed by atoms with Crippen LogP contribution in [0.3, 0.4) is 0 Å². The fourth-order valence-corrected chi connectivity index (χ4v) is 2.37. The van der Waals surface area contributed by atoms with Gasteiger partial charge in [0.1, 0.15) is 11.9 Å². The van der Waals surface area contributed by atoms with E-state index < -0.39 is 0 Å². The Morgan fingerprint density at radius 2 is 2.38 bits per heavy atom. The minimum Gasteiger partial charge on any atom is -0.486 e. The van der Waals surface area contributed by atoms with Gasteiger partial charge in [-0.15, -0.1) is 0 Å². The first-order chi connectivity index (χ1) is 6.20. The van der Waals surface area contributed by atoms with E-state index in [-0.39, 0.29) is 12.7 Å². The molecule has 0 fully saturated rings. The predicted octanol–water partition coefficient (Wildman–Crippen LogP) is 2.40. The van der Waals surface area contributed by atoms with Crippen molar-refractivity contribution in [3.05, 3.63) is 27.2 Å². The lowest BCUT2D eigenvalue weighted by atomic mass is 10.1. The molecule has 1 atom stereocenters. The minimum atomic E-state index is -0.137. The van der Waals surface area contributed by atoms with E-state index in [1.165, 1.54) is 0 Å². The third-order valence-electron chi connectivity index (χ3n) is 2.02. The molecule has 0 spiro atoms. The quantitative estimate of drug-likeness (QED) is 0.843. The molecule has 1 N–H and O–H groups in total. The maximum atomic E-state index is 8.92. The van der Waals surface area contributed by atoms with Gasteiger partial charge in [0, 0.05) is 16.5 Å². The van der Waals surface area contributed by atoms with Crippen molar-refractivity contribution in [1.82, 2.24) is 0 Å². The molecule has 0 bridgehead atoms. The number of rotatable bonds is 1. The van der Waals surface area contributed by atoms with E-state index in [0.29, 0.717) is 10.8 Å². The Balaban J connectivity index is 2.40. The molecular weight excluding hydrogens is 255 g/mol. The van der Waals surface area contributed by atoms with Gasteiger partial charge in [0.05, 0.1) is 11.6 Å². The maximum absolute atomic E-state index is 8.92. The summed E-state index contributed by atoms with van der Waals surface area (Å²) in [6.07, 6.45) is 0.590. The van der Waals surface area contributed by atoms with Crippen LogP contribution in [0, 0.1) is 0 Å². The summed E-state index contributed by atoms with van der Waals surface area (Å²) in [4.78, 5) is 0. The summed E-state index contributed by atoms with van der Waals surface area (Å²) in [5, 5.41) is 9.52. The van der Waals surface area contributed by atoms with Gasteiger partial charge in [0.2, 0.25) is 0 Å². The number of aliphatic hydroxyl groups excluding tert-OH is 1. The second-order valence-corrected chi connectivity index (χ2v) is 4.33. The van der Waals surface area contributed by atoms with Gasteiger partial charge in [0.25, 0.3) is 0 Å². The number of halogens is 2. The summed E-state index contributed by atoms with van der Waals surface area (Å²) in [5.41, 5.74) is 1.05. The lowest BCUT2D eigenvalue weighted by Crippen LogP contribution is -2.17. The fraction of sp³-hybridized carbons (Fsp3) is 0.333. The van der Waals surface area contributed by atoms with Crippen LogP contribution >= 0.6 is 27.5 Å². The molecule has 0 saturated carbocycles. The molecule has 1 heterocycles. The molecule has 0 aliphatic carbocycles. The Morgan fingerprint density at radius 1 is 1.62 bits per heavy atom. The van der Waals surface area contributed by atoms with Gasteiger partial charge in [-0.1, -0.05) is 27.5 Å². The maximum Gasteiger partial charge on any atom is 0.141 e. The monoisotopic (exact) mass is 262 g/mol. The molecule has 4 heteroatoms. The number of hydrogen-bond donors (Lipinski definition) is 1. The standard InChI is InChI=1S/C9H8BrClO2/c10-6-1-5-2-7(4-12)13-9(5)8(11)3-6/h1,3,7,12H,2,4H2. The van der Waals surface area contributed by atoms with E-state index in [2.05, 4.69) is 15.9 Å². The van der Waals surface area contributed by atoms with Crippen molar-refractivity contribution in [1.29, 1.82) is 0 Å². The first kappa shape index (κ1) is 9.31. The molecule has 2 nitrogen and oxygen atoms in total. The van der Waals surface area contributed by atoms with Gasteiger partial charge in [-0.25, -0.2) is 0 Å². The predicted molar refractivity (Wildman–Crippen MR) is 54.4 cm³/mol. The van der Waals surface area contributed by atoms with Crippen molar-refractivity contribution in [2.75, 3.05) is 6.61 Å². The molecule has 13 heavy (non-hydrogen) atoms. The van der Waals surface area contributed by atoms with E-state index in [9.17, 15) is 0 Å². The third-order valence-corrected chi connectivity index (χ3v) is 2.76. The molecule has 0 amide bonds. The Morgan fingerprint density at radius 3 is 3.08 bits per heavy atom. The van der Waals surface area contributed by atoms with E-state index >= 15 is 0 Å². The van der Waals surface area contributed by atoms with Crippen molar-refractivity contribution in [3.8, 4) is 5.75 Å². The van der Waals surface area contributed by atoms with Crippen LogP contribution in [0.1, 0.15) is 5.56 Å². The van der Waals surface area contributed by atoms with Gasteiger partial charge < -0.3 is 9.84 Å². The Bertz CT molecular complexity index is 341. The second kappa shape index (κ2) is 3.48. The summed E-state index contributed by atoms with van der Waals surface area (Å²) in [7, 11) is 0. The first-order valence-electron chi connectivity index (χ1n) is 3.96. The molecule has 2 rings (SSSR count). The van der Waals surface area contributed by atoms with Gasteiger partial charge in [-0.05, 0) is 12.1 Å². The molecule has 0 radical (unpaired) electrons. The summed E-state index contributed by atoms with van der Waals surface area (Å²) >= 11 is 9.32. The van der Waals surface area contributed by atoms with Gasteiger partial charge in [0.15, 0.2) is 0 Å². The topological polar surface area (TPSA) is 29.5 Å². The minimum absolute atomic E-state index is 0.0304. The summed E-state index contributed by atoms with van der Waals surface area (Å²) in [5.74, 6) is 0.712. The number of hydrogen-bond acceptors (Lipinski definition) is 2. The lowest BCUT2D eigenvalue weighted by molar-refractivity contribution is 0.134. The number of ether oxygens (including phenoxy) is 1.